The molecule has 2 aromatic rings. The highest BCUT2D eigenvalue weighted by Crippen LogP contribution is 2.54. The van der Waals surface area contributed by atoms with E-state index in [2.05, 4.69) is 4.99 Å². The second-order valence-corrected chi connectivity index (χ2v) is 7.31. The van der Waals surface area contributed by atoms with Crippen molar-refractivity contribution in [1.82, 2.24) is 0 Å². The predicted molar refractivity (Wildman–Crippen MR) is 76.7 cm³/mol. The highest BCUT2D eigenvalue weighted by atomic mass is 31.2. The Kier molecular flexibility index (Phi) is 2.68. The summed E-state index contributed by atoms with van der Waals surface area (Å²) in [4.78, 5) is 4.33. The Morgan fingerprint density at radius 3 is 1.61 bits per heavy atom. The van der Waals surface area contributed by atoms with Crippen molar-refractivity contribution in [3.05, 3.63) is 60.7 Å². The third-order valence-corrected chi connectivity index (χ3v) is 6.56. The highest BCUT2D eigenvalue weighted by Gasteiger charge is 2.44. The second-order valence-electron chi connectivity index (χ2n) is 4.47. The van der Waals surface area contributed by atoms with Crippen LogP contribution in [0.25, 0.3) is 0 Å². The van der Waals surface area contributed by atoms with Gasteiger partial charge in [-0.3, -0.25) is 4.99 Å². The molecule has 0 spiro atoms. The lowest BCUT2D eigenvalue weighted by molar-refractivity contribution is 0.586. The van der Waals surface area contributed by atoms with E-state index in [-0.39, 0.29) is 5.78 Å². The maximum absolute atomic E-state index is 13.5. The molecule has 1 heterocycles. The van der Waals surface area contributed by atoms with E-state index in [0.717, 1.165) is 16.3 Å². The Balaban J connectivity index is 2.14. The standard InChI is InChI=1S/C15H14NOP/c1-12-15(16-12)18(17,13-8-4-2-5-9-13)14-10-6-3-7-11-14/h2-11,15H,1H3. The summed E-state index contributed by atoms with van der Waals surface area (Å²) >= 11 is 0. The maximum atomic E-state index is 13.5. The molecule has 0 N–H and O–H groups in total. The van der Waals surface area contributed by atoms with Crippen molar-refractivity contribution in [2.75, 3.05) is 0 Å². The molecule has 0 aliphatic carbocycles. The molecule has 3 rings (SSSR count). The van der Waals surface area contributed by atoms with Gasteiger partial charge >= 0.3 is 0 Å². The van der Waals surface area contributed by atoms with Gasteiger partial charge in [0.1, 0.15) is 5.78 Å². The van der Waals surface area contributed by atoms with E-state index < -0.39 is 7.14 Å². The maximum Gasteiger partial charge on any atom is 0.172 e. The van der Waals surface area contributed by atoms with Crippen LogP contribution in [0.1, 0.15) is 6.92 Å². The van der Waals surface area contributed by atoms with Gasteiger partial charge in [-0.1, -0.05) is 60.7 Å². The van der Waals surface area contributed by atoms with Crippen LogP contribution >= 0.6 is 7.14 Å². The zero-order chi connectivity index (χ0) is 12.6. The molecule has 3 heteroatoms. The molecule has 90 valence electrons. The fraction of sp³-hybridized carbons (Fsp3) is 0.133. The molecule has 1 aliphatic rings. The van der Waals surface area contributed by atoms with Crippen LogP contribution in [0.5, 0.6) is 0 Å². The molecule has 0 fully saturated rings. The quantitative estimate of drug-likeness (QED) is 0.775. The van der Waals surface area contributed by atoms with Crippen molar-refractivity contribution in [3.63, 3.8) is 0 Å². The summed E-state index contributed by atoms with van der Waals surface area (Å²) in [6.07, 6.45) is 0. The van der Waals surface area contributed by atoms with Crippen LogP contribution in [-0.2, 0) is 4.57 Å². The van der Waals surface area contributed by atoms with Crippen LogP contribution < -0.4 is 10.6 Å². The van der Waals surface area contributed by atoms with Gasteiger partial charge in [0.15, 0.2) is 7.14 Å². The van der Waals surface area contributed by atoms with E-state index in [0.29, 0.717) is 0 Å². The van der Waals surface area contributed by atoms with Crippen LogP contribution in [0.4, 0.5) is 0 Å². The smallest absolute Gasteiger partial charge is 0.172 e. The lowest BCUT2D eigenvalue weighted by Gasteiger charge is -2.18. The Bertz CT molecular complexity index is 591. The molecule has 18 heavy (non-hydrogen) atoms. The Morgan fingerprint density at radius 2 is 1.28 bits per heavy atom. The van der Waals surface area contributed by atoms with Gasteiger partial charge in [0, 0.05) is 16.3 Å². The average Bonchev–Trinajstić information content (AvgIpc) is 3.17. The molecule has 1 atom stereocenters. The SMILES string of the molecule is CC1=NC1P(=O)(c1ccccc1)c1ccccc1. The number of rotatable bonds is 3. The largest absolute Gasteiger partial charge is 0.311 e. The minimum atomic E-state index is -2.64. The topological polar surface area (TPSA) is 29.4 Å². The first-order valence-electron chi connectivity index (χ1n) is 5.98. The van der Waals surface area contributed by atoms with Crippen molar-refractivity contribution in [2.24, 2.45) is 4.99 Å². The lowest BCUT2D eigenvalue weighted by Crippen LogP contribution is -2.21. The number of hydrogen-bond donors (Lipinski definition) is 0. The first-order valence-corrected chi connectivity index (χ1v) is 7.76. The summed E-state index contributed by atoms with van der Waals surface area (Å²) in [5.41, 5.74) is 0.992. The van der Waals surface area contributed by atoms with E-state index >= 15 is 0 Å². The first kappa shape index (κ1) is 11.4. The molecule has 2 aromatic carbocycles. The molecule has 0 bridgehead atoms. The molecule has 0 radical (unpaired) electrons. The van der Waals surface area contributed by atoms with Gasteiger partial charge in [-0.15, -0.1) is 0 Å². The summed E-state index contributed by atoms with van der Waals surface area (Å²) in [7, 11) is -2.64. The van der Waals surface area contributed by atoms with Crippen LogP contribution in [0.3, 0.4) is 0 Å². The Morgan fingerprint density at radius 1 is 0.889 bits per heavy atom. The van der Waals surface area contributed by atoms with Gasteiger partial charge in [0.25, 0.3) is 0 Å². The molecular formula is C15H14NOP. The number of hydrogen-bond acceptors (Lipinski definition) is 2. The van der Waals surface area contributed by atoms with Crippen LogP contribution in [0, 0.1) is 0 Å². The van der Waals surface area contributed by atoms with Gasteiger partial charge in [-0.05, 0) is 6.92 Å². The molecule has 1 aliphatic heterocycles. The van der Waals surface area contributed by atoms with Crippen LogP contribution in [0.15, 0.2) is 65.7 Å². The fourth-order valence-electron chi connectivity index (χ4n) is 2.23. The number of aliphatic imine (C=N–C) groups is 1. The van der Waals surface area contributed by atoms with Crippen molar-refractivity contribution in [2.45, 2.75) is 12.7 Å². The molecule has 0 aromatic heterocycles. The summed E-state index contributed by atoms with van der Waals surface area (Å²) in [6.45, 7) is 1.95. The van der Waals surface area contributed by atoms with Gasteiger partial charge in [-0.2, -0.15) is 0 Å². The molecule has 2 nitrogen and oxygen atoms in total. The van der Waals surface area contributed by atoms with Gasteiger partial charge in [-0.25, -0.2) is 0 Å². The van der Waals surface area contributed by atoms with Crippen molar-refractivity contribution in [1.29, 1.82) is 0 Å². The van der Waals surface area contributed by atoms with Gasteiger partial charge in [0.05, 0.1) is 0 Å². The summed E-state index contributed by atoms with van der Waals surface area (Å²) in [5.74, 6) is -0.123. The van der Waals surface area contributed by atoms with Crippen molar-refractivity contribution >= 4 is 23.5 Å². The molecule has 1 unspecified atom stereocenters. The zero-order valence-electron chi connectivity index (χ0n) is 10.2. The average molecular weight is 255 g/mol. The Hall–Kier alpha value is -1.66. The number of nitrogens with zero attached hydrogens (tertiary/aromatic N) is 1. The normalized spacial score (nSPS) is 18.3. The van der Waals surface area contributed by atoms with Crippen LogP contribution in [0.2, 0.25) is 0 Å². The Labute approximate surface area is 107 Å². The van der Waals surface area contributed by atoms with E-state index in [1.54, 1.807) is 0 Å². The van der Waals surface area contributed by atoms with E-state index in [1.165, 1.54) is 0 Å². The monoisotopic (exact) mass is 255 g/mol. The minimum absolute atomic E-state index is 0.123. The van der Waals surface area contributed by atoms with E-state index in [9.17, 15) is 4.57 Å². The number of benzene rings is 2. The minimum Gasteiger partial charge on any atom is -0.311 e. The van der Waals surface area contributed by atoms with Crippen molar-refractivity contribution < 1.29 is 4.57 Å². The first-order chi connectivity index (χ1) is 8.73. The fourth-order valence-corrected chi connectivity index (χ4v) is 5.19. The molecule has 0 amide bonds. The van der Waals surface area contributed by atoms with Gasteiger partial charge in [0.2, 0.25) is 0 Å². The molecule has 0 saturated heterocycles. The summed E-state index contributed by atoms with van der Waals surface area (Å²) in [6, 6.07) is 19.4. The third kappa shape index (κ3) is 1.74. The summed E-state index contributed by atoms with van der Waals surface area (Å²) < 4.78 is 13.5. The van der Waals surface area contributed by atoms with Gasteiger partial charge < -0.3 is 4.57 Å². The van der Waals surface area contributed by atoms with E-state index in [4.69, 9.17) is 0 Å². The highest BCUT2D eigenvalue weighted by molar-refractivity contribution is 7.80. The second kappa shape index (κ2) is 4.22. The molecular weight excluding hydrogens is 241 g/mol. The zero-order valence-corrected chi connectivity index (χ0v) is 11.0. The third-order valence-electron chi connectivity index (χ3n) is 3.26. The van der Waals surface area contributed by atoms with E-state index in [1.807, 2.05) is 67.6 Å². The predicted octanol–water partition coefficient (Wildman–Crippen LogP) is 2.80. The lowest BCUT2D eigenvalue weighted by atomic mass is 10.4. The molecule has 0 saturated carbocycles. The summed E-state index contributed by atoms with van der Waals surface area (Å²) in [5, 5.41) is 1.78. The van der Waals surface area contributed by atoms with Crippen molar-refractivity contribution in [3.8, 4) is 0 Å². The van der Waals surface area contributed by atoms with Crippen LogP contribution in [-0.4, -0.2) is 11.5 Å².